The molecule has 11 nitrogen and oxygen atoms in total. The number of benzene rings is 2. The van der Waals surface area contributed by atoms with E-state index in [-0.39, 0.29) is 22.6 Å². The Balaban J connectivity index is 1.78. The summed E-state index contributed by atoms with van der Waals surface area (Å²) in [5.41, 5.74) is -1.60. The lowest BCUT2D eigenvalue weighted by Crippen LogP contribution is -2.44. The van der Waals surface area contributed by atoms with Gasteiger partial charge in [0.25, 0.3) is 17.8 Å². The van der Waals surface area contributed by atoms with Gasteiger partial charge < -0.3 is 18.9 Å². The fraction of sp³-hybridized carbons (Fsp3) is 0.160. The van der Waals surface area contributed by atoms with E-state index in [9.17, 15) is 24.0 Å². The Morgan fingerprint density at radius 3 is 2.06 bits per heavy atom. The third-order valence-electron chi connectivity index (χ3n) is 5.13. The van der Waals surface area contributed by atoms with Crippen LogP contribution in [0.2, 0.25) is 0 Å². The summed E-state index contributed by atoms with van der Waals surface area (Å²) in [5, 5.41) is 0. The van der Waals surface area contributed by atoms with Crippen LogP contribution >= 0.6 is 0 Å². The number of nitrogens with zero attached hydrogens (tertiary/aromatic N) is 2. The van der Waals surface area contributed by atoms with Crippen LogP contribution < -0.4 is 11.2 Å². The second kappa shape index (κ2) is 10.2. The van der Waals surface area contributed by atoms with E-state index in [0.717, 1.165) is 23.8 Å². The Bertz CT molecular complexity index is 1460. The number of methoxy groups -OCH3 is 1. The molecule has 0 aliphatic carbocycles. The van der Waals surface area contributed by atoms with Crippen molar-refractivity contribution in [3.63, 3.8) is 0 Å². The van der Waals surface area contributed by atoms with E-state index >= 15 is 0 Å². The molecule has 4 rings (SSSR count). The Morgan fingerprint density at radius 2 is 1.47 bits per heavy atom. The van der Waals surface area contributed by atoms with Gasteiger partial charge in [-0.05, 0) is 24.3 Å². The molecule has 0 fully saturated rings. The number of hydrogen-bond donors (Lipinski definition) is 0. The van der Waals surface area contributed by atoms with Crippen molar-refractivity contribution in [2.45, 2.75) is 19.4 Å². The number of aromatic nitrogens is 2. The lowest BCUT2D eigenvalue weighted by atomic mass is 10.2. The van der Waals surface area contributed by atoms with Gasteiger partial charge in [-0.1, -0.05) is 36.4 Å². The fourth-order valence-corrected chi connectivity index (χ4v) is 3.50. The van der Waals surface area contributed by atoms with Crippen molar-refractivity contribution >= 4 is 17.8 Å². The molecule has 36 heavy (non-hydrogen) atoms. The first-order valence-corrected chi connectivity index (χ1v) is 10.6. The Kier molecular flexibility index (Phi) is 6.93. The summed E-state index contributed by atoms with van der Waals surface area (Å²) in [7, 11) is 1.23. The molecule has 0 bridgehead atoms. The van der Waals surface area contributed by atoms with Crippen LogP contribution in [0.4, 0.5) is 0 Å². The van der Waals surface area contributed by atoms with Crippen molar-refractivity contribution in [2.24, 2.45) is 0 Å². The van der Waals surface area contributed by atoms with Gasteiger partial charge in [-0.3, -0.25) is 19.0 Å². The molecule has 0 saturated heterocycles. The van der Waals surface area contributed by atoms with E-state index in [1.807, 2.05) is 0 Å². The molecule has 1 aromatic heterocycles. The smallest absolute Gasteiger partial charge is 0.343 e. The minimum atomic E-state index is -1.55. The van der Waals surface area contributed by atoms with Crippen molar-refractivity contribution in [1.82, 2.24) is 9.13 Å². The monoisotopic (exact) mass is 492 g/mol. The van der Waals surface area contributed by atoms with E-state index in [1.165, 1.54) is 31.4 Å². The second-order valence-corrected chi connectivity index (χ2v) is 7.47. The maximum atomic E-state index is 13.3. The van der Waals surface area contributed by atoms with Gasteiger partial charge in [0.1, 0.15) is 0 Å². The molecule has 2 aromatic carbocycles. The molecule has 0 spiro atoms. The van der Waals surface area contributed by atoms with E-state index in [0.29, 0.717) is 4.57 Å². The van der Waals surface area contributed by atoms with Crippen LogP contribution in [0.25, 0.3) is 0 Å². The summed E-state index contributed by atoms with van der Waals surface area (Å²) in [6.45, 7) is 1.12. The number of hydrogen-bond acceptors (Lipinski definition) is 9. The van der Waals surface area contributed by atoms with E-state index in [1.54, 1.807) is 36.4 Å². The van der Waals surface area contributed by atoms with Crippen LogP contribution in [0.1, 0.15) is 33.9 Å². The molecule has 0 N–H and O–H groups in total. The summed E-state index contributed by atoms with van der Waals surface area (Å²) in [6.07, 6.45) is -1.89. The molecule has 11 heteroatoms. The van der Waals surface area contributed by atoms with Crippen molar-refractivity contribution < 1.29 is 33.3 Å². The highest BCUT2D eigenvalue weighted by Crippen LogP contribution is 2.36. The summed E-state index contributed by atoms with van der Waals surface area (Å²) in [6, 6.07) is 16.8. The highest BCUT2D eigenvalue weighted by atomic mass is 16.7. The zero-order valence-electron chi connectivity index (χ0n) is 19.2. The number of carbonyl (C=O) groups is 3. The summed E-state index contributed by atoms with van der Waals surface area (Å²) in [4.78, 5) is 63.0. The number of ether oxygens (including phenoxy) is 4. The first kappa shape index (κ1) is 24.4. The van der Waals surface area contributed by atoms with Crippen molar-refractivity contribution in [3.05, 3.63) is 116 Å². The molecule has 0 unspecified atom stereocenters. The van der Waals surface area contributed by atoms with Crippen LogP contribution in [0.15, 0.2) is 94.0 Å². The summed E-state index contributed by atoms with van der Waals surface area (Å²) >= 11 is 0. The van der Waals surface area contributed by atoms with Gasteiger partial charge in [0.2, 0.25) is 12.0 Å². The van der Waals surface area contributed by atoms with Crippen LogP contribution in [0.3, 0.4) is 0 Å². The molecule has 0 radical (unpaired) electrons. The molecule has 0 amide bonds. The standard InChI is InChI=1S/C25H20N2O9/c1-15(28)34-24-20(35-23(31)17-11-7-4-8-12-17)19(33-2)22(36-24)26-14-13-18(29)27(25(26)32)21(30)16-9-5-3-6-10-16/h3-14,22,24H,1-2H3/t22-,24-/m1/s1. The third-order valence-corrected chi connectivity index (χ3v) is 5.13. The van der Waals surface area contributed by atoms with Gasteiger partial charge in [-0.25, -0.2) is 9.59 Å². The number of rotatable bonds is 6. The first-order chi connectivity index (χ1) is 17.3. The highest BCUT2D eigenvalue weighted by Gasteiger charge is 2.43. The van der Waals surface area contributed by atoms with Gasteiger partial charge >= 0.3 is 17.6 Å². The quantitative estimate of drug-likeness (QED) is 0.473. The Hall–Kier alpha value is -4.77. The predicted octanol–water partition coefficient (Wildman–Crippen LogP) is 1.83. The molecule has 0 saturated carbocycles. The van der Waals surface area contributed by atoms with E-state index < -0.39 is 41.6 Å². The van der Waals surface area contributed by atoms with Gasteiger partial charge in [-0.15, -0.1) is 0 Å². The van der Waals surface area contributed by atoms with E-state index in [4.69, 9.17) is 18.9 Å². The van der Waals surface area contributed by atoms with Gasteiger partial charge in [0.15, 0.2) is 5.76 Å². The summed E-state index contributed by atoms with van der Waals surface area (Å²) in [5.74, 6) is -2.89. The SMILES string of the molecule is COC1=C(OC(=O)c2ccccc2)[C@H](OC(C)=O)O[C@H]1n1ccc(=O)n(C(=O)c2ccccc2)c1=O. The summed E-state index contributed by atoms with van der Waals surface area (Å²) < 4.78 is 22.9. The number of carbonyl (C=O) groups excluding carboxylic acids is 3. The molecular weight excluding hydrogens is 472 g/mol. The Labute approximate surface area is 203 Å². The van der Waals surface area contributed by atoms with Crippen LogP contribution in [-0.4, -0.2) is 40.4 Å². The number of esters is 2. The van der Waals surface area contributed by atoms with Crippen molar-refractivity contribution in [1.29, 1.82) is 0 Å². The normalized spacial score (nSPS) is 16.9. The Morgan fingerprint density at radius 1 is 0.861 bits per heavy atom. The average molecular weight is 492 g/mol. The highest BCUT2D eigenvalue weighted by molar-refractivity contribution is 5.95. The van der Waals surface area contributed by atoms with Crippen LogP contribution in [0.5, 0.6) is 0 Å². The van der Waals surface area contributed by atoms with Gasteiger partial charge in [-0.2, -0.15) is 4.57 Å². The maximum Gasteiger partial charge on any atom is 0.343 e. The second-order valence-electron chi connectivity index (χ2n) is 7.47. The van der Waals surface area contributed by atoms with Crippen LogP contribution in [0, 0.1) is 0 Å². The largest absolute Gasteiger partial charge is 0.493 e. The topological polar surface area (TPSA) is 132 Å². The molecule has 1 aliphatic heterocycles. The molecule has 2 atom stereocenters. The molecule has 1 aliphatic rings. The van der Waals surface area contributed by atoms with Gasteiger partial charge in [0, 0.05) is 24.8 Å². The van der Waals surface area contributed by atoms with Crippen LogP contribution in [-0.2, 0) is 23.7 Å². The van der Waals surface area contributed by atoms with E-state index in [2.05, 4.69) is 0 Å². The minimum absolute atomic E-state index is 0.111. The maximum absolute atomic E-state index is 13.3. The lowest BCUT2D eigenvalue weighted by Gasteiger charge is -2.18. The lowest BCUT2D eigenvalue weighted by molar-refractivity contribution is -0.181. The first-order valence-electron chi connectivity index (χ1n) is 10.6. The molecular formula is C25H20N2O9. The molecule has 2 heterocycles. The van der Waals surface area contributed by atoms with Crippen molar-refractivity contribution in [3.8, 4) is 0 Å². The van der Waals surface area contributed by atoms with Crippen molar-refractivity contribution in [2.75, 3.05) is 7.11 Å². The molecule has 3 aromatic rings. The molecule has 184 valence electrons. The van der Waals surface area contributed by atoms with Gasteiger partial charge in [0.05, 0.1) is 12.7 Å². The third kappa shape index (κ3) is 4.72. The zero-order chi connectivity index (χ0) is 25.8. The zero-order valence-corrected chi connectivity index (χ0v) is 19.2. The fourth-order valence-electron chi connectivity index (χ4n) is 3.50. The average Bonchev–Trinajstić information content (AvgIpc) is 3.20. The minimum Gasteiger partial charge on any atom is -0.493 e. The predicted molar refractivity (Wildman–Crippen MR) is 123 cm³/mol.